The Balaban J connectivity index is 1.60. The zero-order valence-corrected chi connectivity index (χ0v) is 16.4. The average Bonchev–Trinajstić information content (AvgIpc) is 2.66. The first kappa shape index (κ1) is 19.0. The number of benzene rings is 2. The zero-order chi connectivity index (χ0) is 18.4. The number of methoxy groups -OCH3 is 1. The Hall–Kier alpha value is -1.76. The molecule has 0 aliphatic rings. The molecule has 1 aromatic heterocycles. The van der Waals surface area contributed by atoms with E-state index in [1.165, 1.54) is 24.9 Å². The van der Waals surface area contributed by atoms with Gasteiger partial charge in [0.1, 0.15) is 16.4 Å². The van der Waals surface area contributed by atoms with Crippen LogP contribution in [0.3, 0.4) is 0 Å². The van der Waals surface area contributed by atoms with E-state index in [9.17, 15) is 4.39 Å². The number of hydrogen-bond donors (Lipinski definition) is 0. The molecule has 0 fully saturated rings. The number of thioether (sulfide) groups is 2. The van der Waals surface area contributed by atoms with Crippen molar-refractivity contribution in [3.05, 3.63) is 76.8 Å². The van der Waals surface area contributed by atoms with Crippen LogP contribution in [0.15, 0.2) is 64.9 Å². The highest BCUT2D eigenvalue weighted by atomic mass is 35.5. The Morgan fingerprint density at radius 1 is 1.00 bits per heavy atom. The van der Waals surface area contributed by atoms with Crippen molar-refractivity contribution in [1.29, 1.82) is 0 Å². The standard InChI is InChI=1S/C19H16ClFN2OS2/c1-24-17-7-6-13(8-16(17)21)10-25-18-9-19(23-12-22-18)26-11-14-4-2-3-5-15(14)20/h2-9,12H,10-11H2,1H3. The molecule has 0 aliphatic carbocycles. The maximum atomic E-state index is 13.8. The summed E-state index contributed by atoms with van der Waals surface area (Å²) in [7, 11) is 1.45. The lowest BCUT2D eigenvalue weighted by Crippen LogP contribution is -1.91. The van der Waals surface area contributed by atoms with E-state index in [-0.39, 0.29) is 11.6 Å². The van der Waals surface area contributed by atoms with Crippen LogP contribution in [0.5, 0.6) is 5.75 Å². The van der Waals surface area contributed by atoms with Gasteiger partial charge in [-0.3, -0.25) is 0 Å². The van der Waals surface area contributed by atoms with Gasteiger partial charge in [0.25, 0.3) is 0 Å². The van der Waals surface area contributed by atoms with Crippen LogP contribution in [0.4, 0.5) is 4.39 Å². The lowest BCUT2D eigenvalue weighted by molar-refractivity contribution is 0.386. The first-order valence-corrected chi connectivity index (χ1v) is 10.1. The molecule has 2 aromatic carbocycles. The summed E-state index contributed by atoms with van der Waals surface area (Å²) in [5, 5.41) is 2.48. The second kappa shape index (κ2) is 9.26. The molecule has 0 unspecified atom stereocenters. The zero-order valence-electron chi connectivity index (χ0n) is 14.0. The maximum absolute atomic E-state index is 13.8. The van der Waals surface area contributed by atoms with Crippen LogP contribution in [-0.2, 0) is 11.5 Å². The minimum Gasteiger partial charge on any atom is -0.494 e. The van der Waals surface area contributed by atoms with E-state index < -0.39 is 0 Å². The third-order valence-electron chi connectivity index (χ3n) is 3.55. The average molecular weight is 407 g/mol. The summed E-state index contributed by atoms with van der Waals surface area (Å²) in [5.74, 6) is 1.25. The highest BCUT2D eigenvalue weighted by Crippen LogP contribution is 2.29. The topological polar surface area (TPSA) is 35.0 Å². The minimum absolute atomic E-state index is 0.249. The number of halogens is 2. The van der Waals surface area contributed by atoms with Crippen LogP contribution in [0.1, 0.15) is 11.1 Å². The molecule has 3 nitrogen and oxygen atoms in total. The molecule has 0 saturated carbocycles. The quantitative estimate of drug-likeness (QED) is 0.362. The highest BCUT2D eigenvalue weighted by molar-refractivity contribution is 7.99. The van der Waals surface area contributed by atoms with Crippen LogP contribution < -0.4 is 4.74 Å². The van der Waals surface area contributed by atoms with Gasteiger partial charge < -0.3 is 4.74 Å². The summed E-state index contributed by atoms with van der Waals surface area (Å²) >= 11 is 9.33. The van der Waals surface area contributed by atoms with Crippen LogP contribution in [-0.4, -0.2) is 17.1 Å². The van der Waals surface area contributed by atoms with Gasteiger partial charge in [-0.25, -0.2) is 14.4 Å². The molecule has 3 rings (SSSR count). The van der Waals surface area contributed by atoms with Gasteiger partial charge in [0.2, 0.25) is 0 Å². The molecule has 0 amide bonds. The third-order valence-corrected chi connectivity index (χ3v) is 5.89. The van der Waals surface area contributed by atoms with E-state index in [1.54, 1.807) is 24.2 Å². The van der Waals surface area contributed by atoms with E-state index in [0.717, 1.165) is 32.0 Å². The Morgan fingerprint density at radius 3 is 2.42 bits per heavy atom. The Labute approximate surface area is 165 Å². The molecule has 0 N–H and O–H groups in total. The summed E-state index contributed by atoms with van der Waals surface area (Å²) in [6, 6.07) is 14.7. The van der Waals surface area contributed by atoms with Crippen molar-refractivity contribution in [3.8, 4) is 5.75 Å². The van der Waals surface area contributed by atoms with Gasteiger partial charge in [-0.2, -0.15) is 0 Å². The summed E-state index contributed by atoms with van der Waals surface area (Å²) in [6.07, 6.45) is 1.55. The van der Waals surface area contributed by atoms with E-state index in [2.05, 4.69) is 9.97 Å². The minimum atomic E-state index is -0.357. The SMILES string of the molecule is COc1ccc(CSc2cc(SCc3ccccc3Cl)ncn2)cc1F. The Bertz CT molecular complexity index is 895. The molecule has 7 heteroatoms. The molecule has 1 heterocycles. The first-order chi connectivity index (χ1) is 12.7. The fourth-order valence-electron chi connectivity index (χ4n) is 2.20. The van der Waals surface area contributed by atoms with Crippen molar-refractivity contribution in [2.45, 2.75) is 21.6 Å². The molecular weight excluding hydrogens is 391 g/mol. The van der Waals surface area contributed by atoms with Gasteiger partial charge in [0, 0.05) is 22.6 Å². The van der Waals surface area contributed by atoms with Gasteiger partial charge >= 0.3 is 0 Å². The molecule has 0 spiro atoms. The van der Waals surface area contributed by atoms with Gasteiger partial charge in [0.15, 0.2) is 11.6 Å². The van der Waals surface area contributed by atoms with Crippen molar-refractivity contribution in [1.82, 2.24) is 9.97 Å². The van der Waals surface area contributed by atoms with E-state index in [1.807, 2.05) is 36.4 Å². The van der Waals surface area contributed by atoms with Crippen LogP contribution >= 0.6 is 35.1 Å². The third kappa shape index (κ3) is 5.13. The monoisotopic (exact) mass is 406 g/mol. The highest BCUT2D eigenvalue weighted by Gasteiger charge is 2.06. The number of ether oxygens (including phenoxy) is 1. The predicted molar refractivity (Wildman–Crippen MR) is 106 cm³/mol. The Kier molecular flexibility index (Phi) is 6.77. The van der Waals surface area contributed by atoms with Crippen LogP contribution in [0.25, 0.3) is 0 Å². The number of nitrogens with zero attached hydrogens (tertiary/aromatic N) is 2. The van der Waals surface area contributed by atoms with Gasteiger partial charge in [0.05, 0.1) is 7.11 Å². The first-order valence-electron chi connectivity index (χ1n) is 7.79. The molecule has 0 bridgehead atoms. The summed E-state index contributed by atoms with van der Waals surface area (Å²) in [5.41, 5.74) is 1.94. The summed E-state index contributed by atoms with van der Waals surface area (Å²) in [4.78, 5) is 8.57. The van der Waals surface area contributed by atoms with Gasteiger partial charge in [-0.05, 0) is 29.3 Å². The maximum Gasteiger partial charge on any atom is 0.165 e. The lowest BCUT2D eigenvalue weighted by atomic mass is 10.2. The molecule has 0 saturated heterocycles. The van der Waals surface area contributed by atoms with Crippen LogP contribution in [0.2, 0.25) is 5.02 Å². The molecule has 0 aliphatic heterocycles. The number of rotatable bonds is 7. The van der Waals surface area contributed by atoms with Crippen molar-refractivity contribution in [2.24, 2.45) is 0 Å². The normalized spacial score (nSPS) is 10.7. The molecule has 0 atom stereocenters. The lowest BCUT2D eigenvalue weighted by Gasteiger charge is -2.06. The summed E-state index contributed by atoms with van der Waals surface area (Å²) in [6.45, 7) is 0. The molecule has 0 radical (unpaired) electrons. The van der Waals surface area contributed by atoms with E-state index in [4.69, 9.17) is 16.3 Å². The smallest absolute Gasteiger partial charge is 0.165 e. The predicted octanol–water partition coefficient (Wildman–Crippen LogP) is 5.86. The molecule has 134 valence electrons. The van der Waals surface area contributed by atoms with Crippen molar-refractivity contribution in [2.75, 3.05) is 7.11 Å². The summed E-state index contributed by atoms with van der Waals surface area (Å²) < 4.78 is 18.7. The van der Waals surface area contributed by atoms with Crippen molar-refractivity contribution in [3.63, 3.8) is 0 Å². The molecule has 3 aromatic rings. The van der Waals surface area contributed by atoms with E-state index in [0.29, 0.717) is 5.75 Å². The van der Waals surface area contributed by atoms with Crippen LogP contribution in [0, 0.1) is 5.82 Å². The van der Waals surface area contributed by atoms with Gasteiger partial charge in [-0.15, -0.1) is 23.5 Å². The van der Waals surface area contributed by atoms with Crippen molar-refractivity contribution >= 4 is 35.1 Å². The number of aromatic nitrogens is 2. The van der Waals surface area contributed by atoms with Gasteiger partial charge in [-0.1, -0.05) is 35.9 Å². The second-order valence-corrected chi connectivity index (χ2v) is 7.73. The number of hydrogen-bond acceptors (Lipinski definition) is 5. The molecule has 26 heavy (non-hydrogen) atoms. The Morgan fingerprint density at radius 2 is 1.73 bits per heavy atom. The van der Waals surface area contributed by atoms with Crippen molar-refractivity contribution < 1.29 is 9.13 Å². The largest absolute Gasteiger partial charge is 0.494 e. The molecular formula is C19H16ClFN2OS2. The fourth-order valence-corrected chi connectivity index (χ4v) is 4.24. The van der Waals surface area contributed by atoms with E-state index >= 15 is 0 Å². The fraction of sp³-hybridized carbons (Fsp3) is 0.158. The second-order valence-electron chi connectivity index (χ2n) is 5.33.